The first kappa shape index (κ1) is 12.4. The molecule has 5 heteroatoms. The third kappa shape index (κ3) is 2.60. The van der Waals surface area contributed by atoms with Crippen molar-refractivity contribution in [2.45, 2.75) is 25.4 Å². The van der Waals surface area contributed by atoms with Crippen LogP contribution in [-0.4, -0.2) is 6.54 Å². The standard InChI is InChI=1S/C12H13F4N/c13-10-2-1-8(5-9(10)12(14,15)16)6-11(7-17)3-4-11/h1-2,5H,3-4,6-7,17H2. The van der Waals surface area contributed by atoms with Gasteiger partial charge in [-0.15, -0.1) is 0 Å². The van der Waals surface area contributed by atoms with Crippen LogP contribution in [-0.2, 0) is 12.6 Å². The van der Waals surface area contributed by atoms with E-state index in [1.807, 2.05) is 0 Å². The predicted molar refractivity (Wildman–Crippen MR) is 55.8 cm³/mol. The van der Waals surface area contributed by atoms with Crippen LogP contribution >= 0.6 is 0 Å². The zero-order chi connectivity index (χ0) is 12.7. The highest BCUT2D eigenvalue weighted by atomic mass is 19.4. The molecule has 1 aromatic rings. The minimum absolute atomic E-state index is 0.0549. The van der Waals surface area contributed by atoms with E-state index in [2.05, 4.69) is 0 Å². The summed E-state index contributed by atoms with van der Waals surface area (Å²) in [4.78, 5) is 0. The quantitative estimate of drug-likeness (QED) is 0.816. The first-order valence-electron chi connectivity index (χ1n) is 5.42. The summed E-state index contributed by atoms with van der Waals surface area (Å²) < 4.78 is 50.5. The smallest absolute Gasteiger partial charge is 0.330 e. The Labute approximate surface area is 96.6 Å². The van der Waals surface area contributed by atoms with E-state index < -0.39 is 17.6 Å². The van der Waals surface area contributed by atoms with Crippen molar-refractivity contribution in [1.29, 1.82) is 0 Å². The second-order valence-corrected chi connectivity index (χ2v) is 4.69. The second kappa shape index (κ2) is 3.98. The van der Waals surface area contributed by atoms with Crippen molar-refractivity contribution in [3.63, 3.8) is 0 Å². The summed E-state index contributed by atoms with van der Waals surface area (Å²) in [5, 5.41) is 0. The number of alkyl halides is 3. The first-order valence-corrected chi connectivity index (χ1v) is 5.42. The Morgan fingerprint density at radius 1 is 1.24 bits per heavy atom. The maximum Gasteiger partial charge on any atom is 0.419 e. The summed E-state index contributed by atoms with van der Waals surface area (Å²) in [5.41, 5.74) is 4.83. The van der Waals surface area contributed by atoms with Crippen molar-refractivity contribution >= 4 is 0 Å². The van der Waals surface area contributed by atoms with Gasteiger partial charge in [-0.05, 0) is 48.9 Å². The SMILES string of the molecule is NCC1(Cc2ccc(F)c(C(F)(F)F)c2)CC1. The number of rotatable bonds is 3. The third-order valence-corrected chi connectivity index (χ3v) is 3.31. The molecule has 0 atom stereocenters. The van der Waals surface area contributed by atoms with Gasteiger partial charge < -0.3 is 5.73 Å². The molecule has 1 aliphatic rings. The van der Waals surface area contributed by atoms with Gasteiger partial charge in [0, 0.05) is 0 Å². The lowest BCUT2D eigenvalue weighted by Gasteiger charge is -2.14. The van der Waals surface area contributed by atoms with E-state index in [9.17, 15) is 17.6 Å². The normalized spacial score (nSPS) is 18.2. The van der Waals surface area contributed by atoms with Gasteiger partial charge in [0.15, 0.2) is 0 Å². The first-order chi connectivity index (χ1) is 7.86. The van der Waals surface area contributed by atoms with E-state index in [0.717, 1.165) is 25.0 Å². The fourth-order valence-electron chi connectivity index (χ4n) is 1.96. The fourth-order valence-corrected chi connectivity index (χ4v) is 1.96. The number of nitrogens with two attached hydrogens (primary N) is 1. The maximum atomic E-state index is 13.1. The van der Waals surface area contributed by atoms with E-state index >= 15 is 0 Å². The van der Waals surface area contributed by atoms with Crippen LogP contribution in [0.25, 0.3) is 0 Å². The van der Waals surface area contributed by atoms with E-state index in [0.29, 0.717) is 18.5 Å². The number of benzene rings is 1. The maximum absolute atomic E-state index is 13.1. The molecule has 17 heavy (non-hydrogen) atoms. The molecular formula is C12H13F4N. The molecule has 0 heterocycles. The zero-order valence-corrected chi connectivity index (χ0v) is 9.15. The Hall–Kier alpha value is -1.10. The highest BCUT2D eigenvalue weighted by Gasteiger charge is 2.41. The van der Waals surface area contributed by atoms with Gasteiger partial charge in [-0.2, -0.15) is 13.2 Å². The lowest BCUT2D eigenvalue weighted by molar-refractivity contribution is -0.140. The average molecular weight is 247 g/mol. The second-order valence-electron chi connectivity index (χ2n) is 4.69. The third-order valence-electron chi connectivity index (χ3n) is 3.31. The van der Waals surface area contributed by atoms with Gasteiger partial charge in [-0.1, -0.05) is 6.07 Å². The van der Waals surface area contributed by atoms with Crippen molar-refractivity contribution < 1.29 is 17.6 Å². The molecule has 0 amide bonds. The van der Waals surface area contributed by atoms with Crippen LogP contribution in [0.1, 0.15) is 24.0 Å². The summed E-state index contributed by atoms with van der Waals surface area (Å²) in [6.07, 6.45) is -2.28. The number of hydrogen-bond acceptors (Lipinski definition) is 1. The van der Waals surface area contributed by atoms with Crippen LogP contribution < -0.4 is 5.73 Å². The van der Waals surface area contributed by atoms with Crippen LogP contribution in [0.4, 0.5) is 17.6 Å². The Balaban J connectivity index is 2.25. The monoisotopic (exact) mass is 247 g/mol. The summed E-state index contributed by atoms with van der Waals surface area (Å²) in [5.74, 6) is -1.22. The molecule has 94 valence electrons. The average Bonchev–Trinajstić information content (AvgIpc) is 3.00. The van der Waals surface area contributed by atoms with Crippen LogP contribution in [0, 0.1) is 11.2 Å². The van der Waals surface area contributed by atoms with Gasteiger partial charge in [0.25, 0.3) is 0 Å². The lowest BCUT2D eigenvalue weighted by atomic mass is 9.95. The van der Waals surface area contributed by atoms with Crippen molar-refractivity contribution in [3.05, 3.63) is 35.1 Å². The molecule has 1 aromatic carbocycles. The molecule has 0 spiro atoms. The molecule has 0 bridgehead atoms. The summed E-state index contributed by atoms with van der Waals surface area (Å²) in [6.45, 7) is 0.464. The topological polar surface area (TPSA) is 26.0 Å². The van der Waals surface area contributed by atoms with Gasteiger partial charge in [0.1, 0.15) is 5.82 Å². The zero-order valence-electron chi connectivity index (χ0n) is 9.15. The van der Waals surface area contributed by atoms with Crippen LogP contribution in [0.3, 0.4) is 0 Å². The highest BCUT2D eigenvalue weighted by Crippen LogP contribution is 2.47. The lowest BCUT2D eigenvalue weighted by Crippen LogP contribution is -2.18. The molecule has 0 aromatic heterocycles. The molecule has 0 radical (unpaired) electrons. The fraction of sp³-hybridized carbons (Fsp3) is 0.500. The Bertz CT molecular complexity index is 421. The number of halogens is 4. The van der Waals surface area contributed by atoms with Gasteiger partial charge >= 0.3 is 6.18 Å². The summed E-state index contributed by atoms with van der Waals surface area (Å²) in [7, 11) is 0. The van der Waals surface area contributed by atoms with Crippen molar-refractivity contribution in [2.75, 3.05) is 6.54 Å². The molecule has 1 fully saturated rings. The predicted octanol–water partition coefficient (Wildman–Crippen LogP) is 3.13. The highest BCUT2D eigenvalue weighted by molar-refractivity contribution is 5.29. The molecular weight excluding hydrogens is 234 g/mol. The van der Waals surface area contributed by atoms with E-state index in [-0.39, 0.29) is 5.41 Å². The van der Waals surface area contributed by atoms with Crippen LogP contribution in [0.5, 0.6) is 0 Å². The number of hydrogen-bond donors (Lipinski definition) is 1. The molecule has 2 rings (SSSR count). The Morgan fingerprint density at radius 2 is 1.88 bits per heavy atom. The van der Waals surface area contributed by atoms with E-state index in [1.54, 1.807) is 0 Å². The Kier molecular flexibility index (Phi) is 2.89. The molecule has 1 nitrogen and oxygen atoms in total. The minimum Gasteiger partial charge on any atom is -0.330 e. The minimum atomic E-state index is -4.64. The van der Waals surface area contributed by atoms with E-state index in [1.165, 1.54) is 6.07 Å². The Morgan fingerprint density at radius 3 is 2.35 bits per heavy atom. The van der Waals surface area contributed by atoms with Gasteiger partial charge in [0.05, 0.1) is 5.56 Å². The largest absolute Gasteiger partial charge is 0.419 e. The van der Waals surface area contributed by atoms with Crippen molar-refractivity contribution in [1.82, 2.24) is 0 Å². The molecule has 0 unspecified atom stereocenters. The van der Waals surface area contributed by atoms with Gasteiger partial charge in [-0.3, -0.25) is 0 Å². The van der Waals surface area contributed by atoms with E-state index in [4.69, 9.17) is 5.73 Å². The summed E-state index contributed by atoms with van der Waals surface area (Å²) >= 11 is 0. The summed E-state index contributed by atoms with van der Waals surface area (Å²) in [6, 6.07) is 3.18. The molecule has 0 saturated heterocycles. The molecule has 1 aliphatic carbocycles. The van der Waals surface area contributed by atoms with Crippen molar-refractivity contribution in [3.8, 4) is 0 Å². The van der Waals surface area contributed by atoms with Gasteiger partial charge in [-0.25, -0.2) is 4.39 Å². The van der Waals surface area contributed by atoms with Crippen molar-refractivity contribution in [2.24, 2.45) is 11.1 Å². The van der Waals surface area contributed by atoms with Crippen LogP contribution in [0.15, 0.2) is 18.2 Å². The molecule has 1 saturated carbocycles. The molecule has 2 N–H and O–H groups in total. The van der Waals surface area contributed by atoms with Crippen LogP contribution in [0.2, 0.25) is 0 Å². The molecule has 0 aliphatic heterocycles. The van der Waals surface area contributed by atoms with Gasteiger partial charge in [0.2, 0.25) is 0 Å².